The lowest BCUT2D eigenvalue weighted by molar-refractivity contribution is -0.143. The fraction of sp³-hybridized carbons (Fsp3) is 0.286. The van der Waals surface area contributed by atoms with Gasteiger partial charge in [0.15, 0.2) is 11.5 Å². The van der Waals surface area contributed by atoms with Gasteiger partial charge in [-0.2, -0.15) is 0 Å². The molecule has 3 heterocycles. The zero-order chi connectivity index (χ0) is 20.8. The quantitative estimate of drug-likeness (QED) is 0.531. The van der Waals surface area contributed by atoms with E-state index in [2.05, 4.69) is 15.0 Å². The van der Waals surface area contributed by atoms with Gasteiger partial charge in [0, 0.05) is 11.4 Å². The Hall–Kier alpha value is -3.75. The number of carboxylic acid groups (broad SMARTS) is 1. The number of anilines is 1. The van der Waals surface area contributed by atoms with E-state index in [1.807, 2.05) is 24.3 Å². The Morgan fingerprint density at radius 1 is 1.17 bits per heavy atom. The number of carboxylic acids is 1. The van der Waals surface area contributed by atoms with Gasteiger partial charge in [0.1, 0.15) is 29.4 Å². The van der Waals surface area contributed by atoms with Crippen molar-refractivity contribution in [3.8, 4) is 11.3 Å². The van der Waals surface area contributed by atoms with Crippen molar-refractivity contribution >= 4 is 33.9 Å². The van der Waals surface area contributed by atoms with E-state index in [1.165, 1.54) is 12.6 Å². The number of nitrogens with zero attached hydrogens (tertiary/aromatic N) is 4. The molecule has 5 rings (SSSR count). The summed E-state index contributed by atoms with van der Waals surface area (Å²) in [6.07, 6.45) is 4.95. The largest absolute Gasteiger partial charge is 0.481 e. The van der Waals surface area contributed by atoms with Gasteiger partial charge in [-0.1, -0.05) is 18.2 Å². The van der Waals surface area contributed by atoms with Crippen LogP contribution in [0.15, 0.2) is 46.1 Å². The van der Waals surface area contributed by atoms with Crippen molar-refractivity contribution in [2.24, 2.45) is 5.92 Å². The lowest BCUT2D eigenvalue weighted by Crippen LogP contribution is -2.32. The van der Waals surface area contributed by atoms with Crippen molar-refractivity contribution in [2.45, 2.75) is 31.7 Å². The minimum absolute atomic E-state index is 0.182. The Labute approximate surface area is 170 Å². The maximum atomic E-state index is 13.6. The van der Waals surface area contributed by atoms with Gasteiger partial charge in [0.25, 0.3) is 5.56 Å². The summed E-state index contributed by atoms with van der Waals surface area (Å²) in [6.45, 7) is 0. The minimum Gasteiger partial charge on any atom is -0.481 e. The molecule has 0 bridgehead atoms. The van der Waals surface area contributed by atoms with Gasteiger partial charge in [0.05, 0.1) is 11.5 Å². The maximum absolute atomic E-state index is 13.6. The van der Waals surface area contributed by atoms with Crippen LogP contribution in [0, 0.1) is 5.92 Å². The molecule has 30 heavy (non-hydrogen) atoms. The molecular weight excluding hydrogens is 386 g/mol. The number of aromatic nitrogens is 4. The van der Waals surface area contributed by atoms with Crippen LogP contribution in [0.1, 0.15) is 31.7 Å². The number of hydrogen-bond donors (Lipinski definition) is 2. The van der Waals surface area contributed by atoms with E-state index < -0.39 is 5.97 Å². The second-order valence-corrected chi connectivity index (χ2v) is 7.56. The fourth-order valence-electron chi connectivity index (χ4n) is 4.29. The molecule has 0 spiro atoms. The third-order valence-electron chi connectivity index (χ3n) is 5.85. The molecule has 4 aromatic rings. The molecule has 1 fully saturated rings. The highest BCUT2D eigenvalue weighted by Crippen LogP contribution is 2.34. The highest BCUT2D eigenvalue weighted by molar-refractivity contribution is 5.94. The van der Waals surface area contributed by atoms with Crippen molar-refractivity contribution < 1.29 is 14.3 Å². The SMILES string of the molecule is Nc1ncnc2c1nc(-c1coc3ccccc13)c(=O)n2C1CCC(C(=O)O)CC1. The summed E-state index contributed by atoms with van der Waals surface area (Å²) in [5.41, 5.74) is 7.93. The summed E-state index contributed by atoms with van der Waals surface area (Å²) < 4.78 is 7.22. The van der Waals surface area contributed by atoms with Crippen molar-refractivity contribution in [3.63, 3.8) is 0 Å². The normalized spacial score (nSPS) is 19.3. The van der Waals surface area contributed by atoms with Crippen LogP contribution >= 0.6 is 0 Å². The molecule has 9 nitrogen and oxygen atoms in total. The van der Waals surface area contributed by atoms with Crippen LogP contribution in [-0.2, 0) is 4.79 Å². The first-order chi connectivity index (χ1) is 14.5. The highest BCUT2D eigenvalue weighted by atomic mass is 16.4. The van der Waals surface area contributed by atoms with Gasteiger partial charge in [-0.25, -0.2) is 15.0 Å². The first-order valence-electron chi connectivity index (χ1n) is 9.76. The third kappa shape index (κ3) is 2.81. The highest BCUT2D eigenvalue weighted by Gasteiger charge is 2.30. The maximum Gasteiger partial charge on any atom is 0.306 e. The molecule has 1 saturated carbocycles. The second-order valence-electron chi connectivity index (χ2n) is 7.56. The molecular formula is C21H19N5O4. The summed E-state index contributed by atoms with van der Waals surface area (Å²) in [6, 6.07) is 7.22. The predicted octanol–water partition coefficient (Wildman–Crippen LogP) is 3.00. The number of nitrogens with two attached hydrogens (primary N) is 1. The lowest BCUT2D eigenvalue weighted by Gasteiger charge is -2.28. The standard InChI is InChI=1S/C21H19N5O4/c22-18-17-19(24-10-23-18)26(12-7-5-11(6-8-12)21(28)29)20(27)16(25-17)14-9-30-15-4-2-1-3-13(14)15/h1-4,9-12H,5-8H2,(H,28,29)(H2,22,23,24). The zero-order valence-corrected chi connectivity index (χ0v) is 16.0. The Balaban J connectivity index is 1.72. The van der Waals surface area contributed by atoms with E-state index >= 15 is 0 Å². The topological polar surface area (TPSA) is 137 Å². The average molecular weight is 405 g/mol. The number of nitrogen functional groups attached to an aromatic ring is 1. The molecule has 0 radical (unpaired) electrons. The summed E-state index contributed by atoms with van der Waals surface area (Å²) in [5, 5.41) is 10.1. The molecule has 1 aromatic carbocycles. The number of furan rings is 1. The van der Waals surface area contributed by atoms with E-state index in [9.17, 15) is 14.7 Å². The lowest BCUT2D eigenvalue weighted by atomic mass is 9.86. The van der Waals surface area contributed by atoms with Crippen LogP contribution < -0.4 is 11.3 Å². The van der Waals surface area contributed by atoms with Crippen LogP contribution in [0.2, 0.25) is 0 Å². The average Bonchev–Trinajstić information content (AvgIpc) is 3.18. The third-order valence-corrected chi connectivity index (χ3v) is 5.85. The number of aliphatic carboxylic acids is 1. The zero-order valence-electron chi connectivity index (χ0n) is 16.0. The van der Waals surface area contributed by atoms with Gasteiger partial charge in [-0.15, -0.1) is 0 Å². The van der Waals surface area contributed by atoms with Gasteiger partial charge < -0.3 is 15.3 Å². The monoisotopic (exact) mass is 405 g/mol. The number of para-hydroxylation sites is 1. The predicted molar refractivity (Wildman–Crippen MR) is 110 cm³/mol. The molecule has 0 saturated heterocycles. The summed E-state index contributed by atoms with van der Waals surface area (Å²) in [5.74, 6) is -0.999. The van der Waals surface area contributed by atoms with Gasteiger partial charge in [0.2, 0.25) is 0 Å². The number of hydrogen-bond acceptors (Lipinski definition) is 7. The molecule has 3 aromatic heterocycles. The van der Waals surface area contributed by atoms with E-state index in [0.717, 1.165) is 5.39 Å². The first-order valence-corrected chi connectivity index (χ1v) is 9.76. The number of rotatable bonds is 3. The molecule has 0 atom stereocenters. The van der Waals surface area contributed by atoms with Crippen molar-refractivity contribution in [3.05, 3.63) is 47.2 Å². The molecule has 0 unspecified atom stereocenters. The van der Waals surface area contributed by atoms with Gasteiger partial charge in [-0.3, -0.25) is 14.2 Å². The molecule has 9 heteroatoms. The molecule has 3 N–H and O–H groups in total. The van der Waals surface area contributed by atoms with Crippen LogP contribution in [0.3, 0.4) is 0 Å². The Morgan fingerprint density at radius 3 is 2.70 bits per heavy atom. The Kier molecular flexibility index (Phi) is 4.23. The summed E-state index contributed by atoms with van der Waals surface area (Å²) >= 11 is 0. The number of carbonyl (C=O) groups is 1. The van der Waals surface area contributed by atoms with Crippen molar-refractivity contribution in [1.82, 2.24) is 19.5 Å². The minimum atomic E-state index is -0.794. The van der Waals surface area contributed by atoms with Crippen LogP contribution in [0.4, 0.5) is 5.82 Å². The number of fused-ring (bicyclic) bond motifs is 2. The summed E-state index contributed by atoms with van der Waals surface area (Å²) in [7, 11) is 0. The molecule has 1 aliphatic rings. The van der Waals surface area contributed by atoms with Crippen LogP contribution in [-0.4, -0.2) is 30.6 Å². The molecule has 0 aliphatic heterocycles. The molecule has 152 valence electrons. The fourth-order valence-corrected chi connectivity index (χ4v) is 4.29. The van der Waals surface area contributed by atoms with Gasteiger partial charge >= 0.3 is 5.97 Å². The molecule has 0 amide bonds. The van der Waals surface area contributed by atoms with Gasteiger partial charge in [-0.05, 0) is 31.7 Å². The van der Waals surface area contributed by atoms with Crippen LogP contribution in [0.5, 0.6) is 0 Å². The number of benzene rings is 1. The van der Waals surface area contributed by atoms with E-state index in [-0.39, 0.29) is 29.0 Å². The molecule has 1 aliphatic carbocycles. The van der Waals surface area contributed by atoms with E-state index in [4.69, 9.17) is 10.2 Å². The second kappa shape index (κ2) is 6.94. The summed E-state index contributed by atoms with van der Waals surface area (Å²) in [4.78, 5) is 37.8. The smallest absolute Gasteiger partial charge is 0.306 e. The Morgan fingerprint density at radius 2 is 1.93 bits per heavy atom. The van der Waals surface area contributed by atoms with Crippen molar-refractivity contribution in [1.29, 1.82) is 0 Å². The first kappa shape index (κ1) is 18.3. The van der Waals surface area contributed by atoms with Crippen molar-refractivity contribution in [2.75, 3.05) is 5.73 Å². The Bertz CT molecular complexity index is 1330. The van der Waals surface area contributed by atoms with E-state index in [1.54, 1.807) is 4.57 Å². The van der Waals surface area contributed by atoms with Crippen LogP contribution in [0.25, 0.3) is 33.4 Å². The van der Waals surface area contributed by atoms with E-state index in [0.29, 0.717) is 48.0 Å².